The molecule has 0 radical (unpaired) electrons. The van der Waals surface area contributed by atoms with Crippen molar-refractivity contribution in [3.05, 3.63) is 17.0 Å². The molecule has 17 heavy (non-hydrogen) atoms. The van der Waals surface area contributed by atoms with Crippen LogP contribution < -0.4 is 5.32 Å². The van der Waals surface area contributed by atoms with E-state index in [0.717, 1.165) is 23.5 Å². The van der Waals surface area contributed by atoms with E-state index in [1.165, 1.54) is 0 Å². The summed E-state index contributed by atoms with van der Waals surface area (Å²) in [6, 6.07) is 0. The molecular weight excluding hydrogens is 216 g/mol. The van der Waals surface area contributed by atoms with Crippen molar-refractivity contribution in [3.8, 4) is 0 Å². The van der Waals surface area contributed by atoms with E-state index in [0.29, 0.717) is 13.0 Å². The summed E-state index contributed by atoms with van der Waals surface area (Å²) in [7, 11) is 5.84. The van der Waals surface area contributed by atoms with E-state index in [1.54, 1.807) is 0 Å². The first kappa shape index (κ1) is 13.7. The second kappa shape index (κ2) is 5.82. The quantitative estimate of drug-likeness (QED) is 0.817. The molecule has 5 heteroatoms. The summed E-state index contributed by atoms with van der Waals surface area (Å²) < 4.78 is 1.84. The van der Waals surface area contributed by atoms with Gasteiger partial charge in [0.1, 0.15) is 0 Å². The third-order valence-electron chi connectivity index (χ3n) is 2.91. The second-order valence-corrected chi connectivity index (χ2v) is 4.60. The van der Waals surface area contributed by atoms with Crippen LogP contribution in [0.5, 0.6) is 0 Å². The maximum atomic E-state index is 11.6. The van der Waals surface area contributed by atoms with Crippen LogP contribution in [0.15, 0.2) is 0 Å². The van der Waals surface area contributed by atoms with Crippen LogP contribution in [-0.2, 0) is 18.4 Å². The molecule has 0 fully saturated rings. The summed E-state index contributed by atoms with van der Waals surface area (Å²) >= 11 is 0. The number of amides is 1. The molecular formula is C12H22N4O. The monoisotopic (exact) mass is 238 g/mol. The maximum Gasteiger partial charge on any atom is 0.221 e. The Morgan fingerprint density at radius 1 is 1.41 bits per heavy atom. The van der Waals surface area contributed by atoms with Crippen LogP contribution in [0.2, 0.25) is 0 Å². The van der Waals surface area contributed by atoms with Crippen molar-refractivity contribution in [3.63, 3.8) is 0 Å². The Bertz CT molecular complexity index is 395. The lowest BCUT2D eigenvalue weighted by molar-refractivity contribution is -0.121. The number of carbonyl (C=O) groups excluding carboxylic acids is 1. The molecule has 0 unspecified atom stereocenters. The predicted molar refractivity (Wildman–Crippen MR) is 67.7 cm³/mol. The Morgan fingerprint density at radius 3 is 2.53 bits per heavy atom. The van der Waals surface area contributed by atoms with Crippen molar-refractivity contribution >= 4 is 5.91 Å². The number of nitrogens with one attached hydrogen (secondary N) is 1. The Labute approximate surface area is 103 Å². The molecule has 0 saturated heterocycles. The minimum absolute atomic E-state index is 0.0846. The van der Waals surface area contributed by atoms with Crippen LogP contribution in [0.4, 0.5) is 0 Å². The molecule has 0 aliphatic heterocycles. The van der Waals surface area contributed by atoms with Gasteiger partial charge in [-0.1, -0.05) is 0 Å². The largest absolute Gasteiger partial charge is 0.352 e. The second-order valence-electron chi connectivity index (χ2n) is 4.60. The molecule has 0 aliphatic rings. The Kier molecular flexibility index (Phi) is 4.69. The van der Waals surface area contributed by atoms with Crippen molar-refractivity contribution in [1.82, 2.24) is 20.0 Å². The van der Waals surface area contributed by atoms with Gasteiger partial charge < -0.3 is 10.2 Å². The summed E-state index contributed by atoms with van der Waals surface area (Å²) in [6.45, 7) is 5.32. The maximum absolute atomic E-state index is 11.6. The highest BCUT2D eigenvalue weighted by molar-refractivity contribution is 5.76. The summed E-state index contributed by atoms with van der Waals surface area (Å²) in [4.78, 5) is 13.6. The molecule has 1 rings (SSSR count). The SMILES string of the molecule is Cc1nn(C)c(C)c1CNC(=O)CCN(C)C. The van der Waals surface area contributed by atoms with E-state index in [2.05, 4.69) is 10.4 Å². The summed E-state index contributed by atoms with van der Waals surface area (Å²) in [5, 5.41) is 7.25. The molecule has 96 valence electrons. The third kappa shape index (κ3) is 3.85. The number of nitrogens with zero attached hydrogens (tertiary/aromatic N) is 3. The van der Waals surface area contributed by atoms with Gasteiger partial charge in [-0.05, 0) is 27.9 Å². The van der Waals surface area contributed by atoms with Crippen LogP contribution in [0.1, 0.15) is 23.4 Å². The van der Waals surface area contributed by atoms with Gasteiger partial charge in [0.15, 0.2) is 0 Å². The van der Waals surface area contributed by atoms with E-state index in [9.17, 15) is 4.79 Å². The van der Waals surface area contributed by atoms with Crippen molar-refractivity contribution in [1.29, 1.82) is 0 Å². The third-order valence-corrected chi connectivity index (χ3v) is 2.91. The molecule has 1 aromatic heterocycles. The van der Waals surface area contributed by atoms with Gasteiger partial charge in [-0.3, -0.25) is 9.48 Å². The van der Waals surface area contributed by atoms with Crippen molar-refractivity contribution in [2.75, 3.05) is 20.6 Å². The average molecular weight is 238 g/mol. The first-order valence-corrected chi connectivity index (χ1v) is 5.82. The molecule has 0 atom stereocenters. The van der Waals surface area contributed by atoms with Gasteiger partial charge in [0.25, 0.3) is 0 Å². The first-order valence-electron chi connectivity index (χ1n) is 5.82. The summed E-state index contributed by atoms with van der Waals surface area (Å²) in [6.07, 6.45) is 0.533. The lowest BCUT2D eigenvalue weighted by atomic mass is 10.2. The minimum Gasteiger partial charge on any atom is -0.352 e. The highest BCUT2D eigenvalue weighted by Crippen LogP contribution is 2.11. The molecule has 1 aromatic rings. The number of hydrogen-bond donors (Lipinski definition) is 1. The van der Waals surface area contributed by atoms with E-state index in [4.69, 9.17) is 0 Å². The van der Waals surface area contributed by atoms with E-state index in [1.807, 2.05) is 44.6 Å². The highest BCUT2D eigenvalue weighted by atomic mass is 16.1. The van der Waals surface area contributed by atoms with Crippen LogP contribution >= 0.6 is 0 Å². The van der Waals surface area contributed by atoms with E-state index < -0.39 is 0 Å². The molecule has 1 heterocycles. The Morgan fingerprint density at radius 2 is 2.06 bits per heavy atom. The van der Waals surface area contributed by atoms with Crippen LogP contribution in [0.25, 0.3) is 0 Å². The predicted octanol–water partition coefficient (Wildman–Crippen LogP) is 0.605. The Balaban J connectivity index is 2.47. The normalized spacial score (nSPS) is 10.9. The van der Waals surface area contributed by atoms with Gasteiger partial charge in [0.05, 0.1) is 5.69 Å². The lowest BCUT2D eigenvalue weighted by Gasteiger charge is -2.09. The number of aryl methyl sites for hydroxylation is 2. The zero-order valence-electron chi connectivity index (χ0n) is 11.4. The van der Waals surface area contributed by atoms with Gasteiger partial charge in [-0.2, -0.15) is 5.10 Å². The summed E-state index contributed by atoms with van der Waals surface area (Å²) in [5.41, 5.74) is 3.21. The van der Waals surface area contributed by atoms with Crippen LogP contribution in [-0.4, -0.2) is 41.2 Å². The van der Waals surface area contributed by atoms with Gasteiger partial charge in [0, 0.05) is 37.8 Å². The molecule has 0 bridgehead atoms. The smallest absolute Gasteiger partial charge is 0.221 e. The van der Waals surface area contributed by atoms with Gasteiger partial charge in [-0.15, -0.1) is 0 Å². The van der Waals surface area contributed by atoms with E-state index >= 15 is 0 Å². The number of aromatic nitrogens is 2. The van der Waals surface area contributed by atoms with Crippen molar-refractivity contribution in [2.24, 2.45) is 7.05 Å². The summed E-state index contributed by atoms with van der Waals surface area (Å²) in [5.74, 6) is 0.0846. The van der Waals surface area contributed by atoms with Crippen molar-refractivity contribution < 1.29 is 4.79 Å². The molecule has 0 saturated carbocycles. The van der Waals surface area contributed by atoms with Crippen LogP contribution in [0.3, 0.4) is 0 Å². The first-order chi connectivity index (χ1) is 7.91. The average Bonchev–Trinajstić information content (AvgIpc) is 2.48. The number of hydrogen-bond acceptors (Lipinski definition) is 3. The lowest BCUT2D eigenvalue weighted by Crippen LogP contribution is -2.27. The molecule has 0 aliphatic carbocycles. The van der Waals surface area contributed by atoms with Crippen molar-refractivity contribution in [2.45, 2.75) is 26.8 Å². The highest BCUT2D eigenvalue weighted by Gasteiger charge is 2.10. The molecule has 1 amide bonds. The fourth-order valence-electron chi connectivity index (χ4n) is 1.67. The zero-order chi connectivity index (χ0) is 13.0. The fourth-order valence-corrected chi connectivity index (χ4v) is 1.67. The Hall–Kier alpha value is -1.36. The number of carbonyl (C=O) groups is 1. The van der Waals surface area contributed by atoms with Crippen LogP contribution in [0, 0.1) is 13.8 Å². The minimum atomic E-state index is 0.0846. The van der Waals surface area contributed by atoms with Gasteiger partial charge in [-0.25, -0.2) is 0 Å². The number of rotatable bonds is 5. The zero-order valence-corrected chi connectivity index (χ0v) is 11.4. The van der Waals surface area contributed by atoms with Gasteiger partial charge >= 0.3 is 0 Å². The fraction of sp³-hybridized carbons (Fsp3) is 0.667. The molecule has 0 aromatic carbocycles. The van der Waals surface area contributed by atoms with Gasteiger partial charge in [0.2, 0.25) is 5.91 Å². The van der Waals surface area contributed by atoms with E-state index in [-0.39, 0.29) is 5.91 Å². The topological polar surface area (TPSA) is 50.2 Å². The molecule has 5 nitrogen and oxygen atoms in total. The standard InChI is InChI=1S/C12H22N4O/c1-9-11(10(2)16(5)14-9)8-13-12(17)6-7-15(3)4/h6-8H2,1-5H3,(H,13,17). The molecule has 0 spiro atoms. The molecule has 1 N–H and O–H groups in total.